The first kappa shape index (κ1) is 14.9. The maximum absolute atomic E-state index is 5.97. The third-order valence-corrected chi connectivity index (χ3v) is 4.59. The molecule has 5 heteroatoms. The molecule has 4 nitrogen and oxygen atoms in total. The summed E-state index contributed by atoms with van der Waals surface area (Å²) in [6, 6.07) is 4.71. The number of rotatable bonds is 9. The molecule has 0 atom stereocenters. The molecule has 3 rings (SSSR count). The van der Waals surface area contributed by atoms with Crippen LogP contribution in [0.4, 0.5) is 0 Å². The Hall–Kier alpha value is -1.07. The first-order chi connectivity index (χ1) is 10.4. The minimum atomic E-state index is 0.307. The Labute approximate surface area is 130 Å². The summed E-state index contributed by atoms with van der Waals surface area (Å²) in [6.07, 6.45) is 3.65. The van der Waals surface area contributed by atoms with E-state index in [1.807, 2.05) is 23.9 Å². The van der Waals surface area contributed by atoms with Crippen LogP contribution >= 0.6 is 11.8 Å². The lowest BCUT2D eigenvalue weighted by molar-refractivity contribution is 0.173. The molecule has 0 amide bonds. The third-order valence-electron chi connectivity index (χ3n) is 3.61. The first-order valence-electron chi connectivity index (χ1n) is 7.73. The zero-order chi connectivity index (χ0) is 14.5. The fourth-order valence-corrected chi connectivity index (χ4v) is 2.88. The van der Waals surface area contributed by atoms with Crippen molar-refractivity contribution >= 4 is 11.8 Å². The van der Waals surface area contributed by atoms with Crippen LogP contribution in [-0.2, 0) is 6.54 Å². The Balaban J connectivity index is 1.61. The first-order valence-corrected chi connectivity index (χ1v) is 8.88. The molecule has 1 fully saturated rings. The Bertz CT molecular complexity index is 477. The van der Waals surface area contributed by atoms with Crippen LogP contribution in [0.3, 0.4) is 0 Å². The number of thioether (sulfide) groups is 1. The van der Waals surface area contributed by atoms with Gasteiger partial charge in [0.15, 0.2) is 11.5 Å². The van der Waals surface area contributed by atoms with Gasteiger partial charge in [-0.3, -0.25) is 0 Å². The van der Waals surface area contributed by atoms with Crippen molar-refractivity contribution in [1.82, 2.24) is 5.32 Å². The molecule has 0 bridgehead atoms. The molecule has 0 radical (unpaired) electrons. The van der Waals surface area contributed by atoms with Crippen LogP contribution in [0, 0.1) is 0 Å². The highest BCUT2D eigenvalue weighted by Crippen LogP contribution is 2.38. The molecule has 1 heterocycles. The highest BCUT2D eigenvalue weighted by atomic mass is 32.2. The van der Waals surface area contributed by atoms with Crippen molar-refractivity contribution in [2.24, 2.45) is 0 Å². The van der Waals surface area contributed by atoms with E-state index in [9.17, 15) is 0 Å². The lowest BCUT2D eigenvalue weighted by Gasteiger charge is -2.13. The van der Waals surface area contributed by atoms with Gasteiger partial charge in [0.25, 0.3) is 0 Å². The quantitative estimate of drug-likeness (QED) is 0.709. The fraction of sp³-hybridized carbons (Fsp3) is 0.625. The van der Waals surface area contributed by atoms with Gasteiger partial charge >= 0.3 is 0 Å². The molecule has 21 heavy (non-hydrogen) atoms. The fourth-order valence-electron chi connectivity index (χ4n) is 2.27. The number of benzene rings is 1. The number of hydrogen-bond acceptors (Lipinski definition) is 5. The monoisotopic (exact) mass is 309 g/mol. The lowest BCUT2D eigenvalue weighted by atomic mass is 10.1. The van der Waals surface area contributed by atoms with Gasteiger partial charge in [-0.25, -0.2) is 0 Å². The van der Waals surface area contributed by atoms with Crippen LogP contribution in [0.25, 0.3) is 0 Å². The van der Waals surface area contributed by atoms with Crippen LogP contribution in [0.5, 0.6) is 17.2 Å². The van der Waals surface area contributed by atoms with Gasteiger partial charge in [0.2, 0.25) is 6.79 Å². The highest BCUT2D eigenvalue weighted by Gasteiger charge is 2.22. The summed E-state index contributed by atoms with van der Waals surface area (Å²) in [6.45, 7) is 4.08. The number of fused-ring (bicyclic) bond motifs is 1. The van der Waals surface area contributed by atoms with Crippen molar-refractivity contribution < 1.29 is 14.2 Å². The van der Waals surface area contributed by atoms with Crippen molar-refractivity contribution in [1.29, 1.82) is 0 Å². The van der Waals surface area contributed by atoms with Gasteiger partial charge in [0.1, 0.15) is 5.75 Å². The number of ether oxygens (including phenoxy) is 3. The smallest absolute Gasteiger partial charge is 0.231 e. The molecule has 1 saturated carbocycles. The Morgan fingerprint density at radius 2 is 2.10 bits per heavy atom. The molecule has 0 saturated heterocycles. The van der Waals surface area contributed by atoms with Gasteiger partial charge in [-0.1, -0.05) is 6.92 Å². The van der Waals surface area contributed by atoms with Crippen LogP contribution in [0.1, 0.15) is 31.7 Å². The number of hydrogen-bond donors (Lipinski definition) is 1. The second-order valence-corrected chi connectivity index (χ2v) is 6.76. The second kappa shape index (κ2) is 7.27. The second-order valence-electron chi connectivity index (χ2n) is 5.37. The molecule has 2 aliphatic rings. The molecular weight excluding hydrogens is 286 g/mol. The van der Waals surface area contributed by atoms with Gasteiger partial charge < -0.3 is 19.5 Å². The summed E-state index contributed by atoms with van der Waals surface area (Å²) >= 11 is 1.95. The molecule has 1 aromatic rings. The van der Waals surface area contributed by atoms with Gasteiger partial charge in [-0.05, 0) is 36.8 Å². The van der Waals surface area contributed by atoms with Crippen molar-refractivity contribution in [2.45, 2.75) is 38.8 Å². The van der Waals surface area contributed by atoms with Gasteiger partial charge in [0, 0.05) is 24.2 Å². The lowest BCUT2D eigenvalue weighted by Crippen LogP contribution is -2.16. The third kappa shape index (κ3) is 4.20. The average Bonchev–Trinajstić information content (AvgIpc) is 3.21. The van der Waals surface area contributed by atoms with E-state index in [4.69, 9.17) is 14.2 Å². The largest absolute Gasteiger partial charge is 0.493 e. The minimum Gasteiger partial charge on any atom is -0.493 e. The Kier molecular flexibility index (Phi) is 5.14. The van der Waals surface area contributed by atoms with Gasteiger partial charge in [-0.15, -0.1) is 0 Å². The summed E-state index contributed by atoms with van der Waals surface area (Å²) in [7, 11) is 0. The van der Waals surface area contributed by atoms with Crippen LogP contribution in [-0.4, -0.2) is 30.9 Å². The summed E-state index contributed by atoms with van der Waals surface area (Å²) < 4.78 is 16.9. The summed E-state index contributed by atoms with van der Waals surface area (Å²) in [5.41, 5.74) is 1.16. The molecular formula is C16H23NO3S. The molecule has 0 aromatic heterocycles. The molecule has 1 aromatic carbocycles. The van der Waals surface area contributed by atoms with E-state index in [-0.39, 0.29) is 0 Å². The van der Waals surface area contributed by atoms with Crippen molar-refractivity contribution in [2.75, 3.05) is 24.9 Å². The Morgan fingerprint density at radius 3 is 2.86 bits per heavy atom. The molecule has 116 valence electrons. The topological polar surface area (TPSA) is 39.7 Å². The minimum absolute atomic E-state index is 0.307. The maximum Gasteiger partial charge on any atom is 0.231 e. The van der Waals surface area contributed by atoms with Crippen molar-refractivity contribution in [3.8, 4) is 17.2 Å². The molecule has 1 aliphatic carbocycles. The van der Waals surface area contributed by atoms with E-state index < -0.39 is 0 Å². The Morgan fingerprint density at radius 1 is 1.29 bits per heavy atom. The van der Waals surface area contributed by atoms with Crippen LogP contribution in [0.15, 0.2) is 12.1 Å². The van der Waals surface area contributed by atoms with Gasteiger partial charge in [-0.2, -0.15) is 11.8 Å². The van der Waals surface area contributed by atoms with Crippen LogP contribution in [0.2, 0.25) is 0 Å². The molecule has 1 N–H and O–H groups in total. The van der Waals surface area contributed by atoms with E-state index in [1.165, 1.54) is 18.6 Å². The van der Waals surface area contributed by atoms with E-state index in [1.54, 1.807) is 0 Å². The predicted octanol–water partition coefficient (Wildman–Crippen LogP) is 3.19. The normalized spacial score (nSPS) is 16.2. The van der Waals surface area contributed by atoms with Crippen LogP contribution < -0.4 is 19.5 Å². The van der Waals surface area contributed by atoms with E-state index >= 15 is 0 Å². The zero-order valence-corrected chi connectivity index (χ0v) is 13.3. The summed E-state index contributed by atoms with van der Waals surface area (Å²) in [5, 5.41) is 3.53. The zero-order valence-electron chi connectivity index (χ0n) is 12.5. The van der Waals surface area contributed by atoms with Crippen molar-refractivity contribution in [3.63, 3.8) is 0 Å². The van der Waals surface area contributed by atoms with E-state index in [0.717, 1.165) is 48.1 Å². The molecule has 0 spiro atoms. The van der Waals surface area contributed by atoms with Gasteiger partial charge in [0.05, 0.1) is 6.61 Å². The standard InChI is InChI=1S/C16H23NO3S/c1-2-21-7-3-6-18-14-9-16-15(19-11-20-16)8-12(14)10-17-13-4-5-13/h8-9,13,17H,2-7,10-11H2,1H3. The van der Waals surface area contributed by atoms with Crippen molar-refractivity contribution in [3.05, 3.63) is 17.7 Å². The number of nitrogens with one attached hydrogen (secondary N) is 1. The molecule has 1 aliphatic heterocycles. The molecule has 0 unspecified atom stereocenters. The van der Waals surface area contributed by atoms with E-state index in [2.05, 4.69) is 12.2 Å². The average molecular weight is 309 g/mol. The van der Waals surface area contributed by atoms with E-state index in [0.29, 0.717) is 12.8 Å². The SMILES string of the molecule is CCSCCCOc1cc2c(cc1CNC1CC1)OCO2. The predicted molar refractivity (Wildman–Crippen MR) is 85.5 cm³/mol. The summed E-state index contributed by atoms with van der Waals surface area (Å²) in [5.74, 6) is 4.87. The maximum atomic E-state index is 5.97. The summed E-state index contributed by atoms with van der Waals surface area (Å²) in [4.78, 5) is 0. The highest BCUT2D eigenvalue weighted by molar-refractivity contribution is 7.99.